The van der Waals surface area contributed by atoms with Crippen LogP contribution in [0.2, 0.25) is 0 Å². The minimum Gasteiger partial charge on any atom is -0.489 e. The minimum atomic E-state index is -0.410. The second-order valence-electron chi connectivity index (χ2n) is 5.67. The van der Waals surface area contributed by atoms with Crippen LogP contribution in [0.4, 0.5) is 0 Å². The Labute approximate surface area is 165 Å². The molecule has 136 valence electrons. The lowest BCUT2D eigenvalue weighted by molar-refractivity contribution is 0.0845. The van der Waals surface area contributed by atoms with Gasteiger partial charge >= 0.3 is 0 Å². The molecule has 0 bridgehead atoms. The summed E-state index contributed by atoms with van der Waals surface area (Å²) in [6.07, 6.45) is 0. The van der Waals surface area contributed by atoms with E-state index >= 15 is 0 Å². The molecule has 27 heavy (non-hydrogen) atoms. The maximum Gasteiger partial charge on any atom is 0.270 e. The Morgan fingerprint density at radius 2 is 1.41 bits per heavy atom. The Morgan fingerprint density at radius 1 is 0.778 bits per heavy atom. The van der Waals surface area contributed by atoms with Crippen molar-refractivity contribution < 1.29 is 14.3 Å². The van der Waals surface area contributed by atoms with Gasteiger partial charge in [-0.3, -0.25) is 20.4 Å². The molecule has 0 aliphatic rings. The Hall–Kier alpha value is -3.12. The first kappa shape index (κ1) is 18.7. The van der Waals surface area contributed by atoms with Crippen molar-refractivity contribution in [2.75, 3.05) is 0 Å². The molecule has 0 aliphatic carbocycles. The molecule has 2 amide bonds. The van der Waals surface area contributed by atoms with E-state index in [1.54, 1.807) is 36.4 Å². The fourth-order valence-corrected chi connectivity index (χ4v) is 2.66. The van der Waals surface area contributed by atoms with Gasteiger partial charge < -0.3 is 4.74 Å². The number of carbonyl (C=O) groups excluding carboxylic acids is 2. The monoisotopic (exact) mass is 424 g/mol. The number of rotatable bonds is 5. The summed E-state index contributed by atoms with van der Waals surface area (Å²) >= 11 is 3.31. The summed E-state index contributed by atoms with van der Waals surface area (Å²) < 4.78 is 6.59. The molecular formula is C21H17BrN2O3. The van der Waals surface area contributed by atoms with Gasteiger partial charge in [0.2, 0.25) is 0 Å². The standard InChI is InChI=1S/C21H17BrN2O3/c22-17-12-10-15(11-13-17)20(25)23-24-21(26)19-9-5-4-6-16(19)14-27-18-7-2-1-3-8-18/h1-13H,14H2,(H,23,25)(H,24,26). The number of hydrazine groups is 1. The molecule has 2 N–H and O–H groups in total. The second-order valence-corrected chi connectivity index (χ2v) is 6.59. The molecular weight excluding hydrogens is 408 g/mol. The van der Waals surface area contributed by atoms with Crippen LogP contribution in [-0.4, -0.2) is 11.8 Å². The number of ether oxygens (including phenoxy) is 1. The van der Waals surface area contributed by atoms with Crippen molar-refractivity contribution in [1.29, 1.82) is 0 Å². The zero-order chi connectivity index (χ0) is 19.1. The van der Waals surface area contributed by atoms with E-state index in [0.717, 1.165) is 15.8 Å². The van der Waals surface area contributed by atoms with E-state index < -0.39 is 11.8 Å². The summed E-state index contributed by atoms with van der Waals surface area (Å²) in [5, 5.41) is 0. The fourth-order valence-electron chi connectivity index (χ4n) is 2.40. The molecule has 0 saturated heterocycles. The van der Waals surface area contributed by atoms with Crippen LogP contribution in [0, 0.1) is 0 Å². The summed E-state index contributed by atoms with van der Waals surface area (Å²) in [6, 6.07) is 23.3. The van der Waals surface area contributed by atoms with Crippen LogP contribution in [0.3, 0.4) is 0 Å². The van der Waals surface area contributed by atoms with Crippen LogP contribution in [-0.2, 0) is 6.61 Å². The number of para-hydroxylation sites is 1. The highest BCUT2D eigenvalue weighted by atomic mass is 79.9. The van der Waals surface area contributed by atoms with Crippen molar-refractivity contribution in [1.82, 2.24) is 10.9 Å². The summed E-state index contributed by atoms with van der Waals surface area (Å²) in [4.78, 5) is 24.6. The lowest BCUT2D eigenvalue weighted by Gasteiger charge is -2.12. The highest BCUT2D eigenvalue weighted by molar-refractivity contribution is 9.10. The van der Waals surface area contributed by atoms with Gasteiger partial charge in [0.15, 0.2) is 0 Å². The van der Waals surface area contributed by atoms with Gasteiger partial charge in [0.25, 0.3) is 11.8 Å². The third kappa shape index (κ3) is 5.18. The van der Waals surface area contributed by atoms with Crippen molar-refractivity contribution in [3.05, 3.63) is 100 Å². The second kappa shape index (κ2) is 9.00. The SMILES string of the molecule is O=C(NNC(=O)c1ccccc1COc1ccccc1)c1ccc(Br)cc1. The van der Waals surface area contributed by atoms with Gasteiger partial charge in [-0.25, -0.2) is 0 Å². The van der Waals surface area contributed by atoms with Gasteiger partial charge in [-0.15, -0.1) is 0 Å². The quantitative estimate of drug-likeness (QED) is 0.605. The fraction of sp³-hybridized carbons (Fsp3) is 0.0476. The number of amides is 2. The Balaban J connectivity index is 1.62. The van der Waals surface area contributed by atoms with Crippen molar-refractivity contribution in [3.8, 4) is 5.75 Å². The van der Waals surface area contributed by atoms with Crippen molar-refractivity contribution in [2.24, 2.45) is 0 Å². The van der Waals surface area contributed by atoms with Crippen molar-refractivity contribution in [3.63, 3.8) is 0 Å². The van der Waals surface area contributed by atoms with Gasteiger partial charge in [0.1, 0.15) is 12.4 Å². The van der Waals surface area contributed by atoms with Crippen LogP contribution >= 0.6 is 15.9 Å². The summed E-state index contributed by atoms with van der Waals surface area (Å²) in [6.45, 7) is 0.244. The predicted octanol–water partition coefficient (Wildman–Crippen LogP) is 4.10. The van der Waals surface area contributed by atoms with E-state index in [0.29, 0.717) is 11.1 Å². The first-order valence-electron chi connectivity index (χ1n) is 8.25. The van der Waals surface area contributed by atoms with Gasteiger partial charge in [-0.1, -0.05) is 52.3 Å². The largest absolute Gasteiger partial charge is 0.489 e. The smallest absolute Gasteiger partial charge is 0.270 e. The summed E-state index contributed by atoms with van der Waals surface area (Å²) in [7, 11) is 0. The van der Waals surface area contributed by atoms with Gasteiger partial charge in [0.05, 0.1) is 0 Å². The van der Waals surface area contributed by atoms with Crippen LogP contribution in [0.1, 0.15) is 26.3 Å². The number of hydrogen-bond donors (Lipinski definition) is 2. The summed E-state index contributed by atoms with van der Waals surface area (Å²) in [5.41, 5.74) is 6.47. The van der Waals surface area contributed by atoms with Crippen LogP contribution < -0.4 is 15.6 Å². The molecule has 3 aromatic rings. The van der Waals surface area contributed by atoms with E-state index in [1.807, 2.05) is 42.5 Å². The highest BCUT2D eigenvalue weighted by Gasteiger charge is 2.13. The molecule has 0 aliphatic heterocycles. The van der Waals surface area contributed by atoms with Crippen LogP contribution in [0.15, 0.2) is 83.3 Å². The van der Waals surface area contributed by atoms with Gasteiger partial charge in [0, 0.05) is 21.2 Å². The molecule has 0 saturated carbocycles. The van der Waals surface area contributed by atoms with E-state index in [4.69, 9.17) is 4.74 Å². The Bertz CT molecular complexity index is 928. The van der Waals surface area contributed by atoms with Crippen molar-refractivity contribution >= 4 is 27.7 Å². The van der Waals surface area contributed by atoms with Crippen molar-refractivity contribution in [2.45, 2.75) is 6.61 Å². The maximum absolute atomic E-state index is 12.5. The first-order chi connectivity index (χ1) is 13.1. The number of benzene rings is 3. The summed E-state index contributed by atoms with van der Waals surface area (Å²) in [5.74, 6) is -0.0853. The van der Waals surface area contributed by atoms with Gasteiger partial charge in [-0.2, -0.15) is 0 Å². The van der Waals surface area contributed by atoms with E-state index in [-0.39, 0.29) is 6.61 Å². The third-order valence-electron chi connectivity index (χ3n) is 3.80. The highest BCUT2D eigenvalue weighted by Crippen LogP contribution is 2.15. The average molecular weight is 425 g/mol. The number of halogens is 1. The number of hydrogen-bond acceptors (Lipinski definition) is 3. The minimum absolute atomic E-state index is 0.244. The van der Waals surface area contributed by atoms with Gasteiger partial charge in [-0.05, 0) is 42.5 Å². The average Bonchev–Trinajstić information content (AvgIpc) is 2.71. The zero-order valence-electron chi connectivity index (χ0n) is 14.3. The normalized spacial score (nSPS) is 10.1. The number of carbonyl (C=O) groups is 2. The zero-order valence-corrected chi connectivity index (χ0v) is 15.9. The van der Waals surface area contributed by atoms with Crippen LogP contribution in [0.5, 0.6) is 5.75 Å². The van der Waals surface area contributed by atoms with E-state index in [2.05, 4.69) is 26.8 Å². The Morgan fingerprint density at radius 3 is 2.15 bits per heavy atom. The molecule has 0 aromatic heterocycles. The molecule has 0 atom stereocenters. The lowest BCUT2D eigenvalue weighted by Crippen LogP contribution is -2.42. The molecule has 6 heteroatoms. The van der Waals surface area contributed by atoms with E-state index in [1.165, 1.54) is 0 Å². The molecule has 0 unspecified atom stereocenters. The van der Waals surface area contributed by atoms with E-state index in [9.17, 15) is 9.59 Å². The lowest BCUT2D eigenvalue weighted by atomic mass is 10.1. The molecule has 0 fully saturated rings. The molecule has 0 heterocycles. The molecule has 3 aromatic carbocycles. The molecule has 0 spiro atoms. The maximum atomic E-state index is 12.5. The number of nitrogens with one attached hydrogen (secondary N) is 2. The predicted molar refractivity (Wildman–Crippen MR) is 106 cm³/mol. The van der Waals surface area contributed by atoms with Crippen LogP contribution in [0.25, 0.3) is 0 Å². The Kier molecular flexibility index (Phi) is 6.22. The molecule has 3 rings (SSSR count). The first-order valence-corrected chi connectivity index (χ1v) is 9.05. The third-order valence-corrected chi connectivity index (χ3v) is 4.32. The topological polar surface area (TPSA) is 67.4 Å². The molecule has 5 nitrogen and oxygen atoms in total. The molecule has 0 radical (unpaired) electrons.